The summed E-state index contributed by atoms with van der Waals surface area (Å²) in [7, 11) is 0. The topological polar surface area (TPSA) is 62.1 Å². The molecule has 0 bridgehead atoms. The molecule has 1 aromatic carbocycles. The zero-order valence-corrected chi connectivity index (χ0v) is 13.6. The van der Waals surface area contributed by atoms with Crippen LogP contribution in [0.4, 0.5) is 0 Å². The van der Waals surface area contributed by atoms with E-state index < -0.39 is 0 Å². The van der Waals surface area contributed by atoms with Crippen molar-refractivity contribution in [3.63, 3.8) is 0 Å². The minimum atomic E-state index is -0.241. The summed E-state index contributed by atoms with van der Waals surface area (Å²) in [5, 5.41) is 21.4. The molecule has 0 radical (unpaired) electrons. The van der Waals surface area contributed by atoms with E-state index >= 15 is 0 Å². The van der Waals surface area contributed by atoms with Crippen molar-refractivity contribution in [1.29, 1.82) is 0 Å². The number of aliphatic hydroxyl groups is 1. The largest absolute Gasteiger partial charge is 0.391 e. The summed E-state index contributed by atoms with van der Waals surface area (Å²) >= 11 is 5.88. The third-order valence-corrected chi connectivity index (χ3v) is 4.02. The zero-order valence-electron chi connectivity index (χ0n) is 12.1. The quantitative estimate of drug-likeness (QED) is 0.772. The fourth-order valence-electron chi connectivity index (χ4n) is 2.52. The van der Waals surface area contributed by atoms with E-state index in [9.17, 15) is 5.11 Å². The number of rotatable bonds is 5. The first-order valence-electron chi connectivity index (χ1n) is 7.11. The monoisotopic (exact) mass is 342 g/mol. The van der Waals surface area contributed by atoms with Gasteiger partial charge in [-0.25, -0.2) is 4.68 Å². The molecule has 0 aliphatic carbocycles. The molecule has 1 aliphatic heterocycles. The fourth-order valence-corrected chi connectivity index (χ4v) is 2.64. The van der Waals surface area contributed by atoms with E-state index in [1.807, 2.05) is 41.3 Å². The van der Waals surface area contributed by atoms with Gasteiger partial charge in [-0.1, -0.05) is 11.6 Å². The van der Waals surface area contributed by atoms with Crippen molar-refractivity contribution >= 4 is 24.0 Å². The molecule has 0 spiro atoms. The lowest BCUT2D eigenvalue weighted by Gasteiger charge is -2.13. The van der Waals surface area contributed by atoms with Crippen LogP contribution in [0.5, 0.6) is 0 Å². The Hall–Kier alpha value is -1.11. The first-order chi connectivity index (χ1) is 10.2. The van der Waals surface area contributed by atoms with Crippen molar-refractivity contribution in [2.75, 3.05) is 19.6 Å². The Kier molecular flexibility index (Phi) is 6.23. The highest BCUT2D eigenvalue weighted by Crippen LogP contribution is 2.13. The summed E-state index contributed by atoms with van der Waals surface area (Å²) in [6.45, 7) is 3.12. The molecule has 22 heavy (non-hydrogen) atoms. The van der Waals surface area contributed by atoms with Gasteiger partial charge in [0.25, 0.3) is 0 Å². The molecule has 3 N–H and O–H groups in total. The van der Waals surface area contributed by atoms with Crippen molar-refractivity contribution in [1.82, 2.24) is 20.4 Å². The van der Waals surface area contributed by atoms with Crippen LogP contribution in [0, 0.1) is 5.92 Å². The van der Waals surface area contributed by atoms with Gasteiger partial charge in [0, 0.05) is 48.9 Å². The van der Waals surface area contributed by atoms with Crippen LogP contribution < -0.4 is 10.6 Å². The van der Waals surface area contributed by atoms with Crippen molar-refractivity contribution in [2.24, 2.45) is 5.92 Å². The minimum absolute atomic E-state index is 0. The Morgan fingerprint density at radius 1 is 1.32 bits per heavy atom. The summed E-state index contributed by atoms with van der Waals surface area (Å²) in [6, 6.07) is 7.58. The summed E-state index contributed by atoms with van der Waals surface area (Å²) in [5.41, 5.74) is 2.10. The Balaban J connectivity index is 0.00000176. The minimum Gasteiger partial charge on any atom is -0.391 e. The molecule has 1 saturated heterocycles. The number of hydrogen-bond acceptors (Lipinski definition) is 4. The molecule has 2 atom stereocenters. The second kappa shape index (κ2) is 7.94. The Morgan fingerprint density at radius 2 is 2.09 bits per heavy atom. The van der Waals surface area contributed by atoms with E-state index in [1.54, 1.807) is 0 Å². The average Bonchev–Trinajstić information content (AvgIpc) is 3.10. The number of benzene rings is 1. The van der Waals surface area contributed by atoms with E-state index in [1.165, 1.54) is 0 Å². The zero-order chi connectivity index (χ0) is 14.7. The Labute approximate surface area is 141 Å². The number of aromatic nitrogens is 2. The molecule has 2 heterocycles. The first-order valence-corrected chi connectivity index (χ1v) is 7.49. The summed E-state index contributed by atoms with van der Waals surface area (Å²) in [5.74, 6) is 0.288. The van der Waals surface area contributed by atoms with Crippen molar-refractivity contribution in [3.8, 4) is 5.69 Å². The van der Waals surface area contributed by atoms with E-state index in [0.717, 1.165) is 35.9 Å². The molecule has 5 nitrogen and oxygen atoms in total. The SMILES string of the molecule is Cl.OC1CNCC1CNCc1cnn(-c2ccc(Cl)cc2)c1. The van der Waals surface area contributed by atoms with E-state index in [2.05, 4.69) is 15.7 Å². The van der Waals surface area contributed by atoms with Crippen LogP contribution in [0.15, 0.2) is 36.7 Å². The van der Waals surface area contributed by atoms with Crippen LogP contribution in [0.2, 0.25) is 5.02 Å². The van der Waals surface area contributed by atoms with E-state index in [-0.39, 0.29) is 24.4 Å². The normalized spacial score (nSPS) is 20.8. The fraction of sp³-hybridized carbons (Fsp3) is 0.400. The van der Waals surface area contributed by atoms with Gasteiger partial charge in [0.15, 0.2) is 0 Å². The Morgan fingerprint density at radius 3 is 2.77 bits per heavy atom. The van der Waals surface area contributed by atoms with Crippen molar-refractivity contribution in [3.05, 3.63) is 47.2 Å². The number of β-amino-alcohol motifs (C(OH)–C–C–N with tert-alkyl or cyclic N) is 1. The van der Waals surface area contributed by atoms with Gasteiger partial charge in [-0.3, -0.25) is 0 Å². The van der Waals surface area contributed by atoms with Crippen LogP contribution in [0.1, 0.15) is 5.56 Å². The van der Waals surface area contributed by atoms with Gasteiger partial charge in [0.05, 0.1) is 18.0 Å². The summed E-state index contributed by atoms with van der Waals surface area (Å²) < 4.78 is 1.83. The lowest BCUT2D eigenvalue weighted by molar-refractivity contribution is 0.146. The maximum atomic E-state index is 9.73. The van der Waals surface area contributed by atoms with E-state index in [0.29, 0.717) is 6.54 Å². The van der Waals surface area contributed by atoms with Crippen molar-refractivity contribution in [2.45, 2.75) is 12.6 Å². The van der Waals surface area contributed by atoms with Gasteiger partial charge >= 0.3 is 0 Å². The van der Waals surface area contributed by atoms with Gasteiger partial charge in [-0.05, 0) is 24.3 Å². The standard InChI is InChI=1S/C15H19ClN4O.ClH/c16-13-1-3-14(4-2-13)20-10-11(6-19-20)5-17-7-12-8-18-9-15(12)21;/h1-4,6,10,12,15,17-18,21H,5,7-9H2;1H. The van der Waals surface area contributed by atoms with Gasteiger partial charge in [-0.2, -0.15) is 5.10 Å². The lowest BCUT2D eigenvalue weighted by Crippen LogP contribution is -2.30. The molecule has 7 heteroatoms. The molecule has 0 amide bonds. The third kappa shape index (κ3) is 4.21. The van der Waals surface area contributed by atoms with Crippen molar-refractivity contribution < 1.29 is 5.11 Å². The number of hydrogen-bond donors (Lipinski definition) is 3. The molecule has 1 fully saturated rings. The molecule has 2 unspecified atom stereocenters. The van der Waals surface area contributed by atoms with Gasteiger partial charge in [0.2, 0.25) is 0 Å². The first kappa shape index (κ1) is 17.2. The van der Waals surface area contributed by atoms with Crippen LogP contribution in [0.3, 0.4) is 0 Å². The van der Waals surface area contributed by atoms with E-state index in [4.69, 9.17) is 11.6 Å². The van der Waals surface area contributed by atoms with Crippen LogP contribution in [0.25, 0.3) is 5.69 Å². The van der Waals surface area contributed by atoms with Crippen LogP contribution in [-0.2, 0) is 6.54 Å². The van der Waals surface area contributed by atoms with Gasteiger partial charge in [-0.15, -0.1) is 12.4 Å². The average molecular weight is 343 g/mol. The number of halogens is 2. The molecular formula is C15H20Cl2N4O. The molecule has 1 aromatic heterocycles. The second-order valence-corrected chi connectivity index (χ2v) is 5.82. The molecule has 0 saturated carbocycles. The highest BCUT2D eigenvalue weighted by Gasteiger charge is 2.23. The predicted molar refractivity (Wildman–Crippen MR) is 89.9 cm³/mol. The smallest absolute Gasteiger partial charge is 0.0716 e. The van der Waals surface area contributed by atoms with Crippen LogP contribution >= 0.6 is 24.0 Å². The molecule has 2 aromatic rings. The molecular weight excluding hydrogens is 323 g/mol. The molecule has 120 valence electrons. The summed E-state index contributed by atoms with van der Waals surface area (Å²) in [6.07, 6.45) is 3.61. The van der Waals surface area contributed by atoms with Gasteiger partial charge in [0.1, 0.15) is 0 Å². The maximum absolute atomic E-state index is 9.73. The second-order valence-electron chi connectivity index (χ2n) is 5.39. The molecule has 3 rings (SSSR count). The highest BCUT2D eigenvalue weighted by atomic mass is 35.5. The number of nitrogens with one attached hydrogen (secondary N) is 2. The third-order valence-electron chi connectivity index (χ3n) is 3.77. The lowest BCUT2D eigenvalue weighted by atomic mass is 10.1. The number of aliphatic hydroxyl groups excluding tert-OH is 1. The predicted octanol–water partition coefficient (Wildman–Crippen LogP) is 1.62. The van der Waals surface area contributed by atoms with Crippen LogP contribution in [-0.4, -0.2) is 40.6 Å². The number of nitrogens with zero attached hydrogens (tertiary/aromatic N) is 2. The Bertz CT molecular complexity index is 587. The summed E-state index contributed by atoms with van der Waals surface area (Å²) in [4.78, 5) is 0. The maximum Gasteiger partial charge on any atom is 0.0716 e. The molecule has 1 aliphatic rings. The highest BCUT2D eigenvalue weighted by molar-refractivity contribution is 6.30. The van der Waals surface area contributed by atoms with Gasteiger partial charge < -0.3 is 15.7 Å².